The molecule has 2 aromatic rings. The summed E-state index contributed by atoms with van der Waals surface area (Å²) in [5.74, 6) is -1.62. The molecule has 0 aliphatic heterocycles. The molecule has 2 rings (SSSR count). The maximum absolute atomic E-state index is 12.8. The molecule has 0 unspecified atom stereocenters. The lowest BCUT2D eigenvalue weighted by Crippen LogP contribution is -1.97. The van der Waals surface area contributed by atoms with Crippen molar-refractivity contribution in [3.05, 3.63) is 59.7 Å². The summed E-state index contributed by atoms with van der Waals surface area (Å²) in [4.78, 5) is 3.39. The SMILES string of the molecule is Fc1cc(F)cc(COc2ccc(F)nc2)c1. The highest BCUT2D eigenvalue weighted by atomic mass is 19.1. The van der Waals surface area contributed by atoms with E-state index in [-0.39, 0.29) is 6.61 Å². The Morgan fingerprint density at radius 2 is 1.71 bits per heavy atom. The first-order valence-corrected chi connectivity index (χ1v) is 4.83. The Hall–Kier alpha value is -2.04. The fraction of sp³-hybridized carbons (Fsp3) is 0.0833. The van der Waals surface area contributed by atoms with E-state index in [0.717, 1.165) is 12.1 Å². The summed E-state index contributed by atoms with van der Waals surface area (Å²) in [7, 11) is 0. The number of hydrogen-bond acceptors (Lipinski definition) is 2. The molecule has 88 valence electrons. The van der Waals surface area contributed by atoms with Crippen LogP contribution in [0.2, 0.25) is 0 Å². The third-order valence-corrected chi connectivity index (χ3v) is 2.03. The lowest BCUT2D eigenvalue weighted by Gasteiger charge is -2.05. The standard InChI is InChI=1S/C12H8F3NO/c13-9-3-8(4-10(14)5-9)7-17-11-1-2-12(15)16-6-11/h1-6H,7H2. The van der Waals surface area contributed by atoms with Crippen LogP contribution in [0.5, 0.6) is 5.75 Å². The number of pyridine rings is 1. The van der Waals surface area contributed by atoms with Crippen molar-refractivity contribution in [3.63, 3.8) is 0 Å². The van der Waals surface area contributed by atoms with Crippen LogP contribution >= 0.6 is 0 Å². The second-order valence-electron chi connectivity index (χ2n) is 3.38. The highest BCUT2D eigenvalue weighted by molar-refractivity contribution is 5.20. The Balaban J connectivity index is 2.04. The van der Waals surface area contributed by atoms with Crippen LogP contribution in [0, 0.1) is 17.6 Å². The number of halogens is 3. The zero-order valence-electron chi connectivity index (χ0n) is 8.66. The molecular weight excluding hydrogens is 231 g/mol. The topological polar surface area (TPSA) is 22.1 Å². The Bertz CT molecular complexity index is 493. The molecule has 0 aliphatic rings. The van der Waals surface area contributed by atoms with E-state index >= 15 is 0 Å². The lowest BCUT2D eigenvalue weighted by atomic mass is 10.2. The highest BCUT2D eigenvalue weighted by Gasteiger charge is 2.02. The number of nitrogens with zero attached hydrogens (tertiary/aromatic N) is 1. The first-order chi connectivity index (χ1) is 8.13. The van der Waals surface area contributed by atoms with E-state index < -0.39 is 17.6 Å². The Labute approximate surface area is 95.7 Å². The van der Waals surface area contributed by atoms with Crippen LogP contribution in [0.25, 0.3) is 0 Å². The molecule has 0 N–H and O–H groups in total. The van der Waals surface area contributed by atoms with Crippen molar-refractivity contribution in [1.29, 1.82) is 0 Å². The Kier molecular flexibility index (Phi) is 3.27. The van der Waals surface area contributed by atoms with Crippen LogP contribution in [0.3, 0.4) is 0 Å². The minimum Gasteiger partial charge on any atom is -0.487 e. The van der Waals surface area contributed by atoms with Crippen molar-refractivity contribution in [2.24, 2.45) is 0 Å². The van der Waals surface area contributed by atoms with Crippen LogP contribution in [0.1, 0.15) is 5.56 Å². The van der Waals surface area contributed by atoms with E-state index in [2.05, 4.69) is 4.98 Å². The third-order valence-electron chi connectivity index (χ3n) is 2.03. The smallest absolute Gasteiger partial charge is 0.213 e. The minimum absolute atomic E-state index is 0.0119. The molecule has 0 bridgehead atoms. The summed E-state index contributed by atoms with van der Waals surface area (Å²) < 4.78 is 43.4. The molecule has 0 fully saturated rings. The van der Waals surface area contributed by atoms with Gasteiger partial charge in [0.15, 0.2) is 0 Å². The van der Waals surface area contributed by atoms with Gasteiger partial charge in [0.25, 0.3) is 0 Å². The molecule has 0 atom stereocenters. The maximum atomic E-state index is 12.8. The number of hydrogen-bond donors (Lipinski definition) is 0. The van der Waals surface area contributed by atoms with Crippen molar-refractivity contribution in [2.75, 3.05) is 0 Å². The molecule has 0 amide bonds. The number of rotatable bonds is 3. The van der Waals surface area contributed by atoms with E-state index in [0.29, 0.717) is 11.3 Å². The van der Waals surface area contributed by atoms with E-state index in [1.165, 1.54) is 24.4 Å². The van der Waals surface area contributed by atoms with Gasteiger partial charge in [0, 0.05) is 6.07 Å². The van der Waals surface area contributed by atoms with Crippen LogP contribution in [0.15, 0.2) is 36.5 Å². The summed E-state index contributed by atoms with van der Waals surface area (Å²) in [5.41, 5.74) is 0.354. The van der Waals surface area contributed by atoms with Gasteiger partial charge in [-0.2, -0.15) is 4.39 Å². The van der Waals surface area contributed by atoms with Crippen LogP contribution in [-0.2, 0) is 6.61 Å². The van der Waals surface area contributed by atoms with Gasteiger partial charge in [-0.05, 0) is 29.8 Å². The number of aromatic nitrogens is 1. The second kappa shape index (κ2) is 4.86. The van der Waals surface area contributed by atoms with Crippen LogP contribution < -0.4 is 4.74 Å². The van der Waals surface area contributed by atoms with Crippen LogP contribution in [0.4, 0.5) is 13.2 Å². The molecular formula is C12H8F3NO. The summed E-state index contributed by atoms with van der Waals surface area (Å²) in [6, 6.07) is 5.64. The maximum Gasteiger partial charge on any atom is 0.213 e. The molecule has 0 spiro atoms. The fourth-order valence-corrected chi connectivity index (χ4v) is 1.31. The van der Waals surface area contributed by atoms with Gasteiger partial charge in [0.1, 0.15) is 24.0 Å². The Morgan fingerprint density at radius 1 is 1.00 bits per heavy atom. The van der Waals surface area contributed by atoms with E-state index in [9.17, 15) is 13.2 Å². The summed E-state index contributed by atoms with van der Waals surface area (Å²) >= 11 is 0. The van der Waals surface area contributed by atoms with Gasteiger partial charge in [-0.1, -0.05) is 0 Å². The molecule has 2 nitrogen and oxygen atoms in total. The predicted octanol–water partition coefficient (Wildman–Crippen LogP) is 3.08. The lowest BCUT2D eigenvalue weighted by molar-refractivity contribution is 0.302. The van der Waals surface area contributed by atoms with Gasteiger partial charge >= 0.3 is 0 Å². The molecule has 5 heteroatoms. The van der Waals surface area contributed by atoms with Gasteiger partial charge in [-0.3, -0.25) is 0 Å². The summed E-state index contributed by atoms with van der Waals surface area (Å²) in [6.45, 7) is -0.0119. The van der Waals surface area contributed by atoms with Gasteiger partial charge in [-0.25, -0.2) is 13.8 Å². The summed E-state index contributed by atoms with van der Waals surface area (Å²) in [6.07, 6.45) is 1.20. The van der Waals surface area contributed by atoms with Gasteiger partial charge in [0.2, 0.25) is 5.95 Å². The molecule has 1 aromatic carbocycles. The van der Waals surface area contributed by atoms with Crippen molar-refractivity contribution < 1.29 is 17.9 Å². The van der Waals surface area contributed by atoms with E-state index in [1.54, 1.807) is 0 Å². The van der Waals surface area contributed by atoms with E-state index in [4.69, 9.17) is 4.74 Å². The quantitative estimate of drug-likeness (QED) is 0.768. The van der Waals surface area contributed by atoms with Crippen molar-refractivity contribution in [2.45, 2.75) is 6.61 Å². The molecule has 0 aliphatic carbocycles. The molecule has 0 radical (unpaired) electrons. The monoisotopic (exact) mass is 239 g/mol. The first-order valence-electron chi connectivity index (χ1n) is 4.83. The largest absolute Gasteiger partial charge is 0.487 e. The van der Waals surface area contributed by atoms with Crippen molar-refractivity contribution >= 4 is 0 Å². The zero-order valence-corrected chi connectivity index (χ0v) is 8.66. The Morgan fingerprint density at radius 3 is 2.29 bits per heavy atom. The predicted molar refractivity (Wildman–Crippen MR) is 54.9 cm³/mol. The average molecular weight is 239 g/mol. The van der Waals surface area contributed by atoms with Gasteiger partial charge < -0.3 is 4.74 Å². The molecule has 17 heavy (non-hydrogen) atoms. The molecule has 0 saturated carbocycles. The number of ether oxygens (including phenoxy) is 1. The first kappa shape index (κ1) is 11.4. The zero-order chi connectivity index (χ0) is 12.3. The van der Waals surface area contributed by atoms with Crippen molar-refractivity contribution in [1.82, 2.24) is 4.98 Å². The molecule has 1 heterocycles. The second-order valence-corrected chi connectivity index (χ2v) is 3.38. The number of benzene rings is 1. The normalized spacial score (nSPS) is 10.3. The third kappa shape index (κ3) is 3.21. The minimum atomic E-state index is -0.666. The fourth-order valence-electron chi connectivity index (χ4n) is 1.31. The van der Waals surface area contributed by atoms with Crippen molar-refractivity contribution in [3.8, 4) is 5.75 Å². The summed E-state index contributed by atoms with van der Waals surface area (Å²) in [5, 5.41) is 0. The van der Waals surface area contributed by atoms with Gasteiger partial charge in [0.05, 0.1) is 6.20 Å². The van der Waals surface area contributed by atoms with Crippen LogP contribution in [-0.4, -0.2) is 4.98 Å². The molecule has 1 aromatic heterocycles. The molecule has 0 saturated heterocycles. The van der Waals surface area contributed by atoms with E-state index in [1.807, 2.05) is 0 Å². The highest BCUT2D eigenvalue weighted by Crippen LogP contribution is 2.13. The van der Waals surface area contributed by atoms with Gasteiger partial charge in [-0.15, -0.1) is 0 Å². The average Bonchev–Trinajstić information content (AvgIpc) is 2.27.